The molecule has 0 N–H and O–H groups in total. The minimum absolute atomic E-state index is 1.16. The van der Waals surface area contributed by atoms with Crippen molar-refractivity contribution in [3.05, 3.63) is 20.2 Å². The summed E-state index contributed by atoms with van der Waals surface area (Å²) in [5.74, 6) is 0. The van der Waals surface area contributed by atoms with Crippen molar-refractivity contribution in [1.29, 1.82) is 0 Å². The lowest BCUT2D eigenvalue weighted by atomic mass is 10.5. The van der Waals surface area contributed by atoms with E-state index in [4.69, 9.17) is 0 Å². The average molecular weight is 287 g/mol. The van der Waals surface area contributed by atoms with Gasteiger partial charge in [-0.25, -0.2) is 0 Å². The van der Waals surface area contributed by atoms with Crippen LogP contribution >= 0.6 is 38.5 Å². The van der Waals surface area contributed by atoms with E-state index in [2.05, 4.69) is 51.5 Å². The zero-order chi connectivity index (χ0) is 6.57. The minimum Gasteiger partial charge on any atom is -0.0560 e. The summed E-state index contributed by atoms with van der Waals surface area (Å²) >= 11 is 5.59. The third-order valence-electron chi connectivity index (χ3n) is 0.543. The van der Waals surface area contributed by atoms with Gasteiger partial charge in [0.1, 0.15) is 0 Å². The van der Waals surface area contributed by atoms with Crippen LogP contribution in [0.5, 0.6) is 0 Å². The molecule has 0 saturated heterocycles. The lowest BCUT2D eigenvalue weighted by molar-refractivity contribution is 1.65. The van der Waals surface area contributed by atoms with Crippen molar-refractivity contribution in [1.82, 2.24) is 0 Å². The van der Waals surface area contributed by atoms with Crippen molar-refractivity contribution < 1.29 is 0 Å². The van der Waals surface area contributed by atoms with Crippen molar-refractivity contribution in [3.8, 4) is 0 Å². The zero-order valence-electron chi connectivity index (χ0n) is 4.91. The van der Waals surface area contributed by atoms with Gasteiger partial charge in [-0.3, -0.25) is 0 Å². The van der Waals surface area contributed by atoms with E-state index in [1.54, 1.807) is 0 Å². The Morgan fingerprint density at radius 2 is 1.88 bits per heavy atom. The Bertz CT molecular complexity index is 100. The Morgan fingerprint density at radius 1 is 1.38 bits per heavy atom. The second kappa shape index (κ2) is 4.56. The molecule has 0 fully saturated rings. The average Bonchev–Trinajstić information content (AvgIpc) is 1.61. The molecule has 0 amide bonds. The van der Waals surface area contributed by atoms with Crippen LogP contribution in [-0.4, -0.2) is 0 Å². The first-order chi connectivity index (χ1) is 3.63. The molecule has 0 aliphatic heterocycles. The van der Waals surface area contributed by atoms with Crippen molar-refractivity contribution in [3.63, 3.8) is 0 Å². The summed E-state index contributed by atoms with van der Waals surface area (Å²) < 4.78 is 2.45. The molecule has 0 nitrogen and oxygen atoms in total. The van der Waals surface area contributed by atoms with Gasteiger partial charge < -0.3 is 0 Å². The molecule has 8 heavy (non-hydrogen) atoms. The van der Waals surface area contributed by atoms with Crippen molar-refractivity contribution in [2.75, 3.05) is 0 Å². The molecule has 0 atom stereocenters. The molecule has 0 unspecified atom stereocenters. The number of allylic oxidation sites excluding steroid dienone is 4. The van der Waals surface area contributed by atoms with E-state index < -0.39 is 0 Å². The number of rotatable bonds is 1. The summed E-state index contributed by atoms with van der Waals surface area (Å²) in [5.41, 5.74) is 0. The normalized spacial score (nSPS) is 14.5. The van der Waals surface area contributed by atoms with Crippen molar-refractivity contribution in [2.45, 2.75) is 13.8 Å². The molecule has 0 heterocycles. The van der Waals surface area contributed by atoms with Gasteiger partial charge in [0.25, 0.3) is 0 Å². The van der Waals surface area contributed by atoms with Crippen molar-refractivity contribution >= 4 is 38.5 Å². The van der Waals surface area contributed by atoms with Gasteiger partial charge >= 0.3 is 0 Å². The van der Waals surface area contributed by atoms with Crippen LogP contribution in [0.2, 0.25) is 0 Å². The second-order valence-corrected chi connectivity index (χ2v) is 4.46. The Balaban J connectivity index is 3.76. The summed E-state index contributed by atoms with van der Waals surface area (Å²) in [4.78, 5) is 0. The lowest BCUT2D eigenvalue weighted by Gasteiger charge is -1.81. The standard InChI is InChI=1S/C6H8BrI/c1-5(7)3-4-6(2)8/h3-4H,1-2H3/b5-3+,6-4+. The molecule has 0 aromatic heterocycles. The molecule has 0 radical (unpaired) electrons. The van der Waals surface area contributed by atoms with Gasteiger partial charge in [-0.1, -0.05) is 28.1 Å². The van der Waals surface area contributed by atoms with Gasteiger partial charge in [-0.05, 0) is 44.5 Å². The molecule has 0 spiro atoms. The summed E-state index contributed by atoms with van der Waals surface area (Å²) in [6.07, 6.45) is 4.09. The minimum atomic E-state index is 1.16. The van der Waals surface area contributed by atoms with Crippen LogP contribution in [0.15, 0.2) is 20.2 Å². The van der Waals surface area contributed by atoms with E-state index in [0.29, 0.717) is 0 Å². The predicted octanol–water partition coefficient (Wildman–Crippen LogP) is 3.62. The van der Waals surface area contributed by atoms with Gasteiger partial charge in [0.2, 0.25) is 0 Å². The molecule has 0 aromatic rings. The van der Waals surface area contributed by atoms with Crippen LogP contribution in [0.4, 0.5) is 0 Å². The summed E-state index contributed by atoms with van der Waals surface area (Å²) in [6, 6.07) is 0. The molecule has 46 valence electrons. The van der Waals surface area contributed by atoms with E-state index in [-0.39, 0.29) is 0 Å². The quantitative estimate of drug-likeness (QED) is 0.510. The highest BCUT2D eigenvalue weighted by Crippen LogP contribution is 2.07. The van der Waals surface area contributed by atoms with Crippen LogP contribution in [0.25, 0.3) is 0 Å². The Kier molecular flexibility index (Phi) is 4.95. The van der Waals surface area contributed by atoms with E-state index in [0.717, 1.165) is 4.48 Å². The number of hydrogen-bond acceptors (Lipinski definition) is 0. The molecule has 0 bridgehead atoms. The highest BCUT2D eigenvalue weighted by molar-refractivity contribution is 14.1. The fourth-order valence-electron chi connectivity index (χ4n) is 0.230. The third-order valence-corrected chi connectivity index (χ3v) is 1.17. The van der Waals surface area contributed by atoms with Crippen LogP contribution in [0.1, 0.15) is 13.8 Å². The zero-order valence-corrected chi connectivity index (χ0v) is 8.65. The fourth-order valence-corrected chi connectivity index (χ4v) is 0.542. The number of hydrogen-bond donors (Lipinski definition) is 0. The maximum absolute atomic E-state index is 3.32. The van der Waals surface area contributed by atoms with E-state index in [9.17, 15) is 0 Å². The van der Waals surface area contributed by atoms with E-state index in [1.165, 1.54) is 3.58 Å². The molecule has 0 aliphatic carbocycles. The van der Waals surface area contributed by atoms with Gasteiger partial charge in [-0.2, -0.15) is 0 Å². The molecule has 0 aromatic carbocycles. The maximum Gasteiger partial charge on any atom is -0.00802 e. The lowest BCUT2D eigenvalue weighted by Crippen LogP contribution is -1.55. The Labute approximate surface area is 72.3 Å². The second-order valence-electron chi connectivity index (χ2n) is 1.51. The van der Waals surface area contributed by atoms with Crippen LogP contribution in [0.3, 0.4) is 0 Å². The molecular weight excluding hydrogens is 279 g/mol. The maximum atomic E-state index is 3.32. The van der Waals surface area contributed by atoms with Gasteiger partial charge in [0, 0.05) is 0 Å². The summed E-state index contributed by atoms with van der Waals surface area (Å²) in [6.45, 7) is 4.07. The summed E-state index contributed by atoms with van der Waals surface area (Å²) in [7, 11) is 0. The van der Waals surface area contributed by atoms with Crippen LogP contribution in [-0.2, 0) is 0 Å². The van der Waals surface area contributed by atoms with Crippen LogP contribution in [0, 0.1) is 0 Å². The molecular formula is C6H8BrI. The van der Waals surface area contributed by atoms with Gasteiger partial charge in [-0.15, -0.1) is 0 Å². The molecule has 0 saturated carbocycles. The Hall–Kier alpha value is 0.690. The molecule has 0 aliphatic rings. The van der Waals surface area contributed by atoms with Gasteiger partial charge in [0.15, 0.2) is 0 Å². The van der Waals surface area contributed by atoms with Crippen LogP contribution < -0.4 is 0 Å². The fraction of sp³-hybridized carbons (Fsp3) is 0.333. The monoisotopic (exact) mass is 286 g/mol. The highest BCUT2D eigenvalue weighted by Gasteiger charge is 1.75. The smallest absolute Gasteiger partial charge is 0.00802 e. The molecule has 2 heteroatoms. The SMILES string of the molecule is C/C(Br)=C\C=C(/C)I. The highest BCUT2D eigenvalue weighted by atomic mass is 127. The van der Waals surface area contributed by atoms with Crippen molar-refractivity contribution in [2.24, 2.45) is 0 Å². The van der Waals surface area contributed by atoms with E-state index in [1.807, 2.05) is 13.0 Å². The summed E-state index contributed by atoms with van der Waals surface area (Å²) in [5, 5.41) is 0. The first-order valence-electron chi connectivity index (χ1n) is 2.29. The first kappa shape index (κ1) is 8.69. The Morgan fingerprint density at radius 3 is 2.00 bits per heavy atom. The number of halogens is 2. The van der Waals surface area contributed by atoms with Gasteiger partial charge in [0.05, 0.1) is 0 Å². The predicted molar refractivity (Wildman–Crippen MR) is 50.5 cm³/mol. The first-order valence-corrected chi connectivity index (χ1v) is 4.16. The topological polar surface area (TPSA) is 0 Å². The molecule has 0 rings (SSSR count). The van der Waals surface area contributed by atoms with E-state index >= 15 is 0 Å². The largest absolute Gasteiger partial charge is 0.0560 e. The third kappa shape index (κ3) is 6.69.